The van der Waals surface area contributed by atoms with Crippen molar-refractivity contribution in [1.82, 2.24) is 4.31 Å². The zero-order chi connectivity index (χ0) is 19.6. The Morgan fingerprint density at radius 3 is 2.48 bits per heavy atom. The van der Waals surface area contributed by atoms with E-state index in [-0.39, 0.29) is 22.7 Å². The van der Waals surface area contributed by atoms with Gasteiger partial charge in [-0.2, -0.15) is 4.31 Å². The number of hydrogen-bond donors (Lipinski definition) is 0. The fourth-order valence-electron chi connectivity index (χ4n) is 3.73. The Morgan fingerprint density at radius 2 is 1.85 bits per heavy atom. The molecule has 0 atom stereocenters. The minimum Gasteiger partial charge on any atom is -0.466 e. The Hall–Kier alpha value is -1.93. The predicted octanol–water partition coefficient (Wildman–Crippen LogP) is 1.95. The summed E-state index contributed by atoms with van der Waals surface area (Å²) >= 11 is 0. The molecule has 0 bridgehead atoms. The number of rotatable bonds is 5. The van der Waals surface area contributed by atoms with Crippen molar-refractivity contribution in [2.24, 2.45) is 5.92 Å². The minimum atomic E-state index is -3.61. The maximum absolute atomic E-state index is 13.0. The summed E-state index contributed by atoms with van der Waals surface area (Å²) < 4.78 is 32.5. The molecule has 0 radical (unpaired) electrons. The highest BCUT2D eigenvalue weighted by Gasteiger charge is 2.33. The molecule has 148 valence electrons. The molecule has 0 N–H and O–H groups in total. The van der Waals surface area contributed by atoms with Crippen LogP contribution in [0.3, 0.4) is 0 Å². The molecule has 0 aromatic heterocycles. The molecular weight excluding hydrogens is 368 g/mol. The van der Waals surface area contributed by atoms with Crippen molar-refractivity contribution < 1.29 is 22.7 Å². The van der Waals surface area contributed by atoms with Crippen molar-refractivity contribution in [2.45, 2.75) is 44.4 Å². The average molecular weight is 394 g/mol. The van der Waals surface area contributed by atoms with Crippen LogP contribution in [-0.2, 0) is 30.8 Å². The highest BCUT2D eigenvalue weighted by molar-refractivity contribution is 7.89. The van der Waals surface area contributed by atoms with Gasteiger partial charge in [-0.15, -0.1) is 0 Å². The molecule has 1 amide bonds. The summed E-state index contributed by atoms with van der Waals surface area (Å²) in [5.41, 5.74) is 1.70. The lowest BCUT2D eigenvalue weighted by molar-refractivity contribution is -0.149. The number of ether oxygens (including phenoxy) is 1. The monoisotopic (exact) mass is 394 g/mol. The van der Waals surface area contributed by atoms with Crippen LogP contribution in [0.2, 0.25) is 0 Å². The third kappa shape index (κ3) is 3.87. The fourth-order valence-corrected chi connectivity index (χ4v) is 5.25. The van der Waals surface area contributed by atoms with E-state index >= 15 is 0 Å². The Bertz CT molecular complexity index is 829. The number of carbonyl (C=O) groups is 2. The van der Waals surface area contributed by atoms with E-state index in [1.807, 2.05) is 6.92 Å². The number of hydrogen-bond acceptors (Lipinski definition) is 5. The predicted molar refractivity (Wildman–Crippen MR) is 101 cm³/mol. The molecule has 1 fully saturated rings. The summed E-state index contributed by atoms with van der Waals surface area (Å²) in [5.74, 6) is -0.428. The van der Waals surface area contributed by atoms with Crippen LogP contribution < -0.4 is 4.90 Å². The lowest BCUT2D eigenvalue weighted by atomic mass is 9.98. The first-order valence-electron chi connectivity index (χ1n) is 9.48. The maximum Gasteiger partial charge on any atom is 0.309 e. The zero-order valence-electron chi connectivity index (χ0n) is 15.8. The lowest BCUT2D eigenvalue weighted by Crippen LogP contribution is -2.40. The van der Waals surface area contributed by atoms with Gasteiger partial charge in [0.2, 0.25) is 15.9 Å². The van der Waals surface area contributed by atoms with E-state index in [1.165, 1.54) is 4.31 Å². The van der Waals surface area contributed by atoms with Crippen molar-refractivity contribution in [3.63, 3.8) is 0 Å². The molecule has 2 heterocycles. The summed E-state index contributed by atoms with van der Waals surface area (Å²) in [7, 11) is -3.61. The number of anilines is 1. The quantitative estimate of drug-likeness (QED) is 0.713. The standard InChI is InChI=1S/C19H26N2O5S/c1-3-18(22)21-12-9-15-13-16(5-6-17(15)21)27(24,25)20-10-7-14(8-11-20)19(23)26-4-2/h5-6,13-14H,3-4,7-12H2,1-2H3. The molecule has 2 aliphatic heterocycles. The molecule has 0 spiro atoms. The highest BCUT2D eigenvalue weighted by Crippen LogP contribution is 2.32. The van der Waals surface area contributed by atoms with E-state index in [1.54, 1.807) is 30.0 Å². The number of sulfonamides is 1. The molecular formula is C19H26N2O5S. The lowest BCUT2D eigenvalue weighted by Gasteiger charge is -2.30. The summed E-state index contributed by atoms with van der Waals surface area (Å²) in [6, 6.07) is 4.99. The third-order valence-electron chi connectivity index (χ3n) is 5.26. The Labute approximate surface area is 160 Å². The number of amides is 1. The first kappa shape index (κ1) is 19.8. The van der Waals surface area contributed by atoms with Crippen LogP contribution in [0.15, 0.2) is 23.1 Å². The van der Waals surface area contributed by atoms with E-state index in [2.05, 4.69) is 0 Å². The van der Waals surface area contributed by atoms with E-state index < -0.39 is 10.0 Å². The SMILES string of the molecule is CCOC(=O)C1CCN(S(=O)(=O)c2ccc3c(c2)CCN3C(=O)CC)CC1. The molecule has 1 aromatic rings. The first-order chi connectivity index (χ1) is 12.9. The van der Waals surface area contributed by atoms with Gasteiger partial charge in [0.1, 0.15) is 0 Å². The van der Waals surface area contributed by atoms with Crippen LogP contribution in [0.5, 0.6) is 0 Å². The van der Waals surface area contributed by atoms with Crippen molar-refractivity contribution >= 4 is 27.6 Å². The second-order valence-electron chi connectivity index (χ2n) is 6.87. The molecule has 8 heteroatoms. The van der Waals surface area contributed by atoms with Crippen LogP contribution in [0.1, 0.15) is 38.7 Å². The second-order valence-corrected chi connectivity index (χ2v) is 8.81. The molecule has 3 rings (SSSR count). The van der Waals surface area contributed by atoms with Gasteiger partial charge in [0.05, 0.1) is 17.4 Å². The number of benzene rings is 1. The summed E-state index contributed by atoms with van der Waals surface area (Å²) in [6.07, 6.45) is 2.04. The van der Waals surface area contributed by atoms with Gasteiger partial charge in [-0.05, 0) is 49.9 Å². The Morgan fingerprint density at radius 1 is 1.15 bits per heavy atom. The van der Waals surface area contributed by atoms with Crippen LogP contribution in [0.4, 0.5) is 5.69 Å². The molecule has 0 saturated carbocycles. The molecule has 1 aromatic carbocycles. The largest absolute Gasteiger partial charge is 0.466 e. The maximum atomic E-state index is 13.0. The Balaban J connectivity index is 1.73. The smallest absolute Gasteiger partial charge is 0.309 e. The number of piperidine rings is 1. The van der Waals surface area contributed by atoms with Gasteiger partial charge in [0.15, 0.2) is 0 Å². The van der Waals surface area contributed by atoms with E-state index in [0.717, 1.165) is 11.3 Å². The molecule has 0 unspecified atom stereocenters. The Kier molecular flexibility index (Phi) is 5.86. The molecule has 2 aliphatic rings. The van der Waals surface area contributed by atoms with Gasteiger partial charge >= 0.3 is 5.97 Å². The van der Waals surface area contributed by atoms with E-state index in [9.17, 15) is 18.0 Å². The van der Waals surface area contributed by atoms with Gasteiger partial charge in [-0.25, -0.2) is 8.42 Å². The fraction of sp³-hybridized carbons (Fsp3) is 0.579. The average Bonchev–Trinajstić information content (AvgIpc) is 3.11. The van der Waals surface area contributed by atoms with Crippen LogP contribution in [0, 0.1) is 5.92 Å². The third-order valence-corrected chi connectivity index (χ3v) is 7.16. The number of carbonyl (C=O) groups excluding carboxylic acids is 2. The molecule has 7 nitrogen and oxygen atoms in total. The zero-order valence-corrected chi connectivity index (χ0v) is 16.6. The van der Waals surface area contributed by atoms with Crippen LogP contribution >= 0.6 is 0 Å². The van der Waals surface area contributed by atoms with Gasteiger partial charge in [-0.3, -0.25) is 9.59 Å². The summed E-state index contributed by atoms with van der Waals surface area (Å²) in [6.45, 7) is 5.13. The number of esters is 1. The van der Waals surface area contributed by atoms with Gasteiger partial charge in [0, 0.05) is 31.7 Å². The number of fused-ring (bicyclic) bond motifs is 1. The van der Waals surface area contributed by atoms with Crippen molar-refractivity contribution in [2.75, 3.05) is 31.1 Å². The first-order valence-corrected chi connectivity index (χ1v) is 10.9. The van der Waals surface area contributed by atoms with Crippen molar-refractivity contribution in [3.05, 3.63) is 23.8 Å². The van der Waals surface area contributed by atoms with Crippen molar-refractivity contribution in [3.8, 4) is 0 Å². The van der Waals surface area contributed by atoms with Gasteiger partial charge in [0.25, 0.3) is 0 Å². The number of nitrogens with zero attached hydrogens (tertiary/aromatic N) is 2. The second kappa shape index (κ2) is 7.98. The van der Waals surface area contributed by atoms with Gasteiger partial charge in [-0.1, -0.05) is 6.92 Å². The molecule has 1 saturated heterocycles. The molecule has 27 heavy (non-hydrogen) atoms. The minimum absolute atomic E-state index is 0.0467. The highest BCUT2D eigenvalue weighted by atomic mass is 32.2. The van der Waals surface area contributed by atoms with Gasteiger partial charge < -0.3 is 9.64 Å². The van der Waals surface area contributed by atoms with Crippen molar-refractivity contribution in [1.29, 1.82) is 0 Å². The molecule has 0 aliphatic carbocycles. The van der Waals surface area contributed by atoms with Crippen LogP contribution in [-0.4, -0.2) is 50.8 Å². The summed E-state index contributed by atoms with van der Waals surface area (Å²) in [5, 5.41) is 0. The van der Waals surface area contributed by atoms with Crippen LogP contribution in [0.25, 0.3) is 0 Å². The summed E-state index contributed by atoms with van der Waals surface area (Å²) in [4.78, 5) is 25.8. The van der Waals surface area contributed by atoms with E-state index in [4.69, 9.17) is 4.74 Å². The normalized spacial score (nSPS) is 18.4. The van der Waals surface area contributed by atoms with E-state index in [0.29, 0.717) is 51.9 Å². The topological polar surface area (TPSA) is 84.0 Å².